The van der Waals surface area contributed by atoms with Crippen LogP contribution < -0.4 is 10.1 Å². The molecule has 0 radical (unpaired) electrons. The molecular weight excluding hydrogens is 471 g/mol. The van der Waals surface area contributed by atoms with Gasteiger partial charge in [-0.25, -0.2) is 9.59 Å². The number of carbonyl (C=O) groups is 3. The number of carboxylic acids is 2. The Balaban J connectivity index is 2.42. The van der Waals surface area contributed by atoms with Crippen LogP contribution in [0.1, 0.15) is 12.0 Å². The first kappa shape index (κ1) is 26.4. The summed E-state index contributed by atoms with van der Waals surface area (Å²) in [5.74, 6) is -2.16. The maximum Gasteiger partial charge on any atom is 0.413 e. The zero-order valence-electron chi connectivity index (χ0n) is 17.8. The predicted octanol–water partition coefficient (Wildman–Crippen LogP) is 3.46. The molecule has 1 amide bonds. The van der Waals surface area contributed by atoms with Gasteiger partial charge in [0.1, 0.15) is 17.3 Å². The van der Waals surface area contributed by atoms with E-state index in [1.165, 1.54) is 4.90 Å². The molecule has 0 aliphatic heterocycles. The third kappa shape index (κ3) is 7.92. The largest absolute Gasteiger partial charge is 0.480 e. The van der Waals surface area contributed by atoms with Crippen LogP contribution in [0.3, 0.4) is 0 Å². The Labute approximate surface area is 202 Å². The maximum atomic E-state index is 12.7. The van der Waals surface area contributed by atoms with Crippen LogP contribution in [0.15, 0.2) is 60.7 Å². The van der Waals surface area contributed by atoms with Crippen LogP contribution in [0.2, 0.25) is 0 Å². The molecule has 2 aromatic rings. The molecule has 0 bridgehead atoms. The summed E-state index contributed by atoms with van der Waals surface area (Å²) in [5, 5.41) is 22.6. The zero-order chi connectivity index (χ0) is 24.3. The van der Waals surface area contributed by atoms with Crippen molar-refractivity contribution in [2.75, 3.05) is 24.8 Å². The molecule has 3 N–H and O–H groups in total. The molecule has 0 aliphatic rings. The van der Waals surface area contributed by atoms with Gasteiger partial charge in [-0.3, -0.25) is 9.69 Å². The number of amides is 1. The van der Waals surface area contributed by atoms with Crippen LogP contribution in [0.25, 0.3) is 0 Å². The van der Waals surface area contributed by atoms with Gasteiger partial charge in [0, 0.05) is 37.7 Å². The number of hydrogen-bond donors (Lipinski definition) is 3. The van der Waals surface area contributed by atoms with Crippen molar-refractivity contribution in [3.05, 3.63) is 66.2 Å². The van der Waals surface area contributed by atoms with Gasteiger partial charge in [0.15, 0.2) is 0 Å². The molecule has 0 spiro atoms. The average molecular weight is 497 g/mol. The van der Waals surface area contributed by atoms with Crippen LogP contribution in [-0.2, 0) is 16.0 Å². The number of para-hydroxylation sites is 1. The number of benzene rings is 2. The highest BCUT2D eigenvalue weighted by atomic mass is 35.5. The second-order valence-corrected chi connectivity index (χ2v) is 8.11. The zero-order valence-corrected chi connectivity index (χ0v) is 19.3. The highest BCUT2D eigenvalue weighted by molar-refractivity contribution is 6.18. The Bertz CT molecular complexity index is 910. The molecule has 2 atom stereocenters. The molecule has 2 rings (SSSR count). The molecule has 0 saturated carbocycles. The lowest BCUT2D eigenvalue weighted by Crippen LogP contribution is -2.61. The monoisotopic (exact) mass is 496 g/mol. The summed E-state index contributed by atoms with van der Waals surface area (Å²) in [4.78, 5) is 38.9. The lowest BCUT2D eigenvalue weighted by Gasteiger charge is -2.36. The van der Waals surface area contributed by atoms with E-state index in [4.69, 9.17) is 27.9 Å². The minimum absolute atomic E-state index is 0.128. The van der Waals surface area contributed by atoms with Crippen molar-refractivity contribution in [2.45, 2.75) is 24.4 Å². The van der Waals surface area contributed by atoms with Crippen molar-refractivity contribution >= 4 is 41.2 Å². The standard InChI is InChI=1S/C23H26Cl2N2O6/c24-11-13-27(14-12-25)19(20(28)29)16-23(21(30)31,15-17-7-3-1-4-8-17)26-22(32)33-18-9-5-2-6-10-18/h1-10,19H,11-16H2,(H,26,32)(H,28,29)(H,30,31)/t19?,23-/m0/s1. The van der Waals surface area contributed by atoms with E-state index < -0.39 is 36.0 Å². The Kier molecular flexibility index (Phi) is 10.4. The second-order valence-electron chi connectivity index (χ2n) is 7.35. The lowest BCUT2D eigenvalue weighted by molar-refractivity contribution is -0.149. The van der Waals surface area contributed by atoms with Crippen molar-refractivity contribution in [3.8, 4) is 5.75 Å². The fourth-order valence-electron chi connectivity index (χ4n) is 3.49. The van der Waals surface area contributed by atoms with Gasteiger partial charge < -0.3 is 20.3 Å². The van der Waals surface area contributed by atoms with Gasteiger partial charge in [-0.1, -0.05) is 48.5 Å². The van der Waals surface area contributed by atoms with Gasteiger partial charge in [0.25, 0.3) is 0 Å². The third-order valence-corrected chi connectivity index (χ3v) is 5.40. The molecule has 0 fully saturated rings. The van der Waals surface area contributed by atoms with Gasteiger partial charge >= 0.3 is 18.0 Å². The number of aliphatic carboxylic acids is 2. The number of carboxylic acid groups (broad SMARTS) is 2. The number of alkyl halides is 2. The minimum Gasteiger partial charge on any atom is -0.480 e. The van der Waals surface area contributed by atoms with E-state index in [1.54, 1.807) is 60.7 Å². The summed E-state index contributed by atoms with van der Waals surface area (Å²) < 4.78 is 5.24. The maximum absolute atomic E-state index is 12.7. The van der Waals surface area contributed by atoms with E-state index in [0.717, 1.165) is 0 Å². The summed E-state index contributed by atoms with van der Waals surface area (Å²) >= 11 is 11.7. The average Bonchev–Trinajstić information content (AvgIpc) is 2.78. The molecule has 0 saturated heterocycles. The van der Waals surface area contributed by atoms with E-state index in [-0.39, 0.29) is 37.0 Å². The van der Waals surface area contributed by atoms with Gasteiger partial charge in [-0.05, 0) is 17.7 Å². The van der Waals surface area contributed by atoms with Crippen molar-refractivity contribution in [3.63, 3.8) is 0 Å². The molecule has 0 heterocycles. The molecule has 0 aliphatic carbocycles. The number of rotatable bonds is 13. The highest BCUT2D eigenvalue weighted by Crippen LogP contribution is 2.24. The molecule has 10 heteroatoms. The minimum atomic E-state index is -1.98. The first-order chi connectivity index (χ1) is 15.8. The van der Waals surface area contributed by atoms with Crippen molar-refractivity contribution < 1.29 is 29.3 Å². The number of nitrogens with zero attached hydrogens (tertiary/aromatic N) is 1. The van der Waals surface area contributed by atoms with E-state index in [9.17, 15) is 24.6 Å². The van der Waals surface area contributed by atoms with E-state index in [0.29, 0.717) is 5.56 Å². The van der Waals surface area contributed by atoms with Gasteiger partial charge in [0.05, 0.1) is 0 Å². The van der Waals surface area contributed by atoms with Gasteiger partial charge in [-0.15, -0.1) is 23.2 Å². The molecule has 33 heavy (non-hydrogen) atoms. The number of ether oxygens (including phenoxy) is 1. The topological polar surface area (TPSA) is 116 Å². The fourth-order valence-corrected chi connectivity index (χ4v) is 3.92. The van der Waals surface area contributed by atoms with E-state index in [1.807, 2.05) is 0 Å². The van der Waals surface area contributed by atoms with Crippen LogP contribution in [-0.4, -0.2) is 69.6 Å². The molecule has 2 aromatic carbocycles. The Morgan fingerprint density at radius 2 is 1.48 bits per heavy atom. The summed E-state index contributed by atoms with van der Waals surface area (Å²) in [6.07, 6.45) is -1.61. The van der Waals surface area contributed by atoms with Crippen LogP contribution >= 0.6 is 23.2 Å². The van der Waals surface area contributed by atoms with Gasteiger partial charge in [0.2, 0.25) is 0 Å². The second kappa shape index (κ2) is 13.0. The summed E-state index contributed by atoms with van der Waals surface area (Å²) in [6.45, 7) is 0.363. The molecular formula is C23H26Cl2N2O6. The first-order valence-corrected chi connectivity index (χ1v) is 11.3. The predicted molar refractivity (Wildman–Crippen MR) is 125 cm³/mol. The number of carbonyl (C=O) groups excluding carboxylic acids is 1. The quantitative estimate of drug-likeness (QED) is 0.363. The normalized spacial score (nSPS) is 13.7. The van der Waals surface area contributed by atoms with Crippen LogP contribution in [0.4, 0.5) is 4.79 Å². The summed E-state index contributed by atoms with van der Waals surface area (Å²) in [6, 6.07) is 15.5. The molecule has 0 aromatic heterocycles. The third-order valence-electron chi connectivity index (χ3n) is 5.06. The van der Waals surface area contributed by atoms with Gasteiger partial charge in [-0.2, -0.15) is 0 Å². The van der Waals surface area contributed by atoms with Crippen molar-refractivity contribution in [1.29, 1.82) is 0 Å². The highest BCUT2D eigenvalue weighted by Gasteiger charge is 2.46. The Morgan fingerprint density at radius 1 is 0.939 bits per heavy atom. The first-order valence-electron chi connectivity index (χ1n) is 10.2. The number of nitrogens with one attached hydrogen (secondary N) is 1. The van der Waals surface area contributed by atoms with E-state index >= 15 is 0 Å². The fraction of sp³-hybridized carbons (Fsp3) is 0.348. The SMILES string of the molecule is O=C(N[C@@](Cc1ccccc1)(CC(C(=O)O)N(CCCl)CCCl)C(=O)O)Oc1ccccc1. The van der Waals surface area contributed by atoms with Crippen LogP contribution in [0.5, 0.6) is 5.75 Å². The Hall–Kier alpha value is -2.81. The summed E-state index contributed by atoms with van der Waals surface area (Å²) in [5.41, 5.74) is -1.38. The number of hydrogen-bond acceptors (Lipinski definition) is 5. The number of halogens is 2. The van der Waals surface area contributed by atoms with Crippen LogP contribution in [0, 0.1) is 0 Å². The molecule has 8 nitrogen and oxygen atoms in total. The Morgan fingerprint density at radius 3 is 1.97 bits per heavy atom. The summed E-state index contributed by atoms with van der Waals surface area (Å²) in [7, 11) is 0. The van der Waals surface area contributed by atoms with Crippen molar-refractivity contribution in [1.82, 2.24) is 10.2 Å². The lowest BCUT2D eigenvalue weighted by atomic mass is 9.84. The van der Waals surface area contributed by atoms with Crippen molar-refractivity contribution in [2.24, 2.45) is 0 Å². The van der Waals surface area contributed by atoms with E-state index in [2.05, 4.69) is 5.32 Å². The molecule has 178 valence electrons. The molecule has 1 unspecified atom stereocenters. The smallest absolute Gasteiger partial charge is 0.413 e.